The number of carbonyl (C=O) groups excluding carboxylic acids is 1. The van der Waals surface area contributed by atoms with Crippen LogP contribution in [0, 0.1) is 0 Å². The number of pyridine rings is 1. The van der Waals surface area contributed by atoms with E-state index in [-0.39, 0.29) is 5.91 Å². The number of nitrogens with one attached hydrogen (secondary N) is 1. The molecule has 0 atom stereocenters. The maximum absolute atomic E-state index is 12.1. The quantitative estimate of drug-likeness (QED) is 0.824. The van der Waals surface area contributed by atoms with Gasteiger partial charge in [-0.3, -0.25) is 9.78 Å². The molecule has 0 radical (unpaired) electrons. The minimum absolute atomic E-state index is 0.0888. The Bertz CT molecular complexity index is 613. The van der Waals surface area contributed by atoms with Gasteiger partial charge in [0.05, 0.1) is 11.3 Å². The molecule has 5 heteroatoms. The molecule has 0 unspecified atom stereocenters. The van der Waals surface area contributed by atoms with Crippen molar-refractivity contribution < 1.29 is 4.79 Å². The highest BCUT2D eigenvalue weighted by Crippen LogP contribution is 2.24. The molecule has 0 saturated heterocycles. The summed E-state index contributed by atoms with van der Waals surface area (Å²) in [6.07, 6.45) is 3.51. The summed E-state index contributed by atoms with van der Waals surface area (Å²) < 4.78 is 0. The monoisotopic (exact) mass is 284 g/mol. The molecular weight excluding hydrogens is 264 g/mol. The summed E-state index contributed by atoms with van der Waals surface area (Å²) >= 11 is 0. The van der Waals surface area contributed by atoms with Crippen LogP contribution in [0.25, 0.3) is 0 Å². The number of nitrogen functional groups attached to an aromatic ring is 1. The van der Waals surface area contributed by atoms with Gasteiger partial charge in [-0.1, -0.05) is 0 Å². The van der Waals surface area contributed by atoms with E-state index >= 15 is 0 Å². The van der Waals surface area contributed by atoms with Crippen LogP contribution in [-0.4, -0.2) is 24.5 Å². The average molecular weight is 284 g/mol. The van der Waals surface area contributed by atoms with Crippen LogP contribution >= 0.6 is 0 Å². The summed E-state index contributed by atoms with van der Waals surface area (Å²) in [6, 6.07) is 9.24. The van der Waals surface area contributed by atoms with E-state index in [9.17, 15) is 4.79 Å². The zero-order valence-corrected chi connectivity index (χ0v) is 12.3. The van der Waals surface area contributed by atoms with Crippen molar-refractivity contribution in [1.29, 1.82) is 0 Å². The van der Waals surface area contributed by atoms with Crippen LogP contribution in [0.4, 0.5) is 11.4 Å². The highest BCUT2D eigenvalue weighted by molar-refractivity contribution is 6.00. The Kier molecular flexibility index (Phi) is 4.77. The van der Waals surface area contributed by atoms with Crippen LogP contribution in [0.2, 0.25) is 0 Å². The van der Waals surface area contributed by atoms with Crippen LogP contribution in [-0.2, 0) is 6.54 Å². The molecule has 0 fully saturated rings. The average Bonchev–Trinajstić information content (AvgIpc) is 2.48. The smallest absolute Gasteiger partial charge is 0.253 e. The van der Waals surface area contributed by atoms with Crippen molar-refractivity contribution in [3.63, 3.8) is 0 Å². The lowest BCUT2D eigenvalue weighted by Crippen LogP contribution is -2.26. The van der Waals surface area contributed by atoms with Crippen LogP contribution in [0.15, 0.2) is 42.7 Å². The first-order valence-electron chi connectivity index (χ1n) is 6.89. The first-order chi connectivity index (χ1) is 10.1. The molecule has 1 heterocycles. The van der Waals surface area contributed by atoms with E-state index in [4.69, 9.17) is 5.73 Å². The van der Waals surface area contributed by atoms with Gasteiger partial charge in [-0.05, 0) is 42.8 Å². The number of aromatic nitrogens is 1. The van der Waals surface area contributed by atoms with Crippen molar-refractivity contribution >= 4 is 17.3 Å². The number of hydrogen-bond acceptors (Lipinski definition) is 4. The third-order valence-electron chi connectivity index (χ3n) is 3.18. The highest BCUT2D eigenvalue weighted by atomic mass is 16.1. The standard InChI is InChI=1S/C16H20N4O/c1-3-19-16(21)14-5-4-13(17)10-15(14)20(2)11-12-6-8-18-9-7-12/h4-10H,3,11,17H2,1-2H3,(H,19,21). The summed E-state index contributed by atoms with van der Waals surface area (Å²) in [5.74, 6) is -0.0888. The second kappa shape index (κ2) is 6.74. The van der Waals surface area contributed by atoms with E-state index < -0.39 is 0 Å². The van der Waals surface area contributed by atoms with Gasteiger partial charge in [0.2, 0.25) is 0 Å². The summed E-state index contributed by atoms with van der Waals surface area (Å²) in [7, 11) is 1.94. The minimum Gasteiger partial charge on any atom is -0.399 e. The number of nitrogens with zero attached hydrogens (tertiary/aromatic N) is 2. The maximum Gasteiger partial charge on any atom is 0.253 e. The Hall–Kier alpha value is -2.56. The van der Waals surface area contributed by atoms with Gasteiger partial charge in [0.15, 0.2) is 0 Å². The number of nitrogens with two attached hydrogens (primary N) is 1. The molecule has 1 amide bonds. The molecule has 0 aliphatic carbocycles. The van der Waals surface area contributed by atoms with E-state index in [1.54, 1.807) is 24.5 Å². The van der Waals surface area contributed by atoms with E-state index in [0.29, 0.717) is 24.3 Å². The number of rotatable bonds is 5. The van der Waals surface area contributed by atoms with Gasteiger partial charge >= 0.3 is 0 Å². The number of benzene rings is 1. The molecule has 0 aliphatic rings. The predicted octanol–water partition coefficient (Wildman–Crippen LogP) is 2.05. The van der Waals surface area contributed by atoms with Crippen LogP contribution in [0.1, 0.15) is 22.8 Å². The molecule has 0 bridgehead atoms. The van der Waals surface area contributed by atoms with Crippen LogP contribution in [0.3, 0.4) is 0 Å². The van der Waals surface area contributed by atoms with Gasteiger partial charge in [-0.2, -0.15) is 0 Å². The molecule has 3 N–H and O–H groups in total. The molecular formula is C16H20N4O. The Balaban J connectivity index is 2.28. The molecule has 0 saturated carbocycles. The van der Waals surface area contributed by atoms with Gasteiger partial charge < -0.3 is 16.0 Å². The lowest BCUT2D eigenvalue weighted by Gasteiger charge is -2.22. The molecule has 2 aromatic rings. The number of amides is 1. The Morgan fingerprint density at radius 2 is 2.00 bits per heavy atom. The topological polar surface area (TPSA) is 71.2 Å². The van der Waals surface area contributed by atoms with Crippen molar-refractivity contribution in [1.82, 2.24) is 10.3 Å². The van der Waals surface area contributed by atoms with Crippen molar-refractivity contribution in [3.05, 3.63) is 53.9 Å². The lowest BCUT2D eigenvalue weighted by atomic mass is 10.1. The van der Waals surface area contributed by atoms with Crippen molar-refractivity contribution in [3.8, 4) is 0 Å². The summed E-state index contributed by atoms with van der Waals surface area (Å²) in [5, 5.41) is 2.82. The largest absolute Gasteiger partial charge is 0.399 e. The molecule has 110 valence electrons. The molecule has 1 aromatic carbocycles. The normalized spacial score (nSPS) is 10.2. The number of carbonyl (C=O) groups is 1. The second-order valence-corrected chi connectivity index (χ2v) is 4.85. The fourth-order valence-corrected chi connectivity index (χ4v) is 2.16. The van der Waals surface area contributed by atoms with Gasteiger partial charge in [0.25, 0.3) is 5.91 Å². The van der Waals surface area contributed by atoms with E-state index in [2.05, 4.69) is 10.3 Å². The zero-order chi connectivity index (χ0) is 15.2. The predicted molar refractivity (Wildman–Crippen MR) is 85.2 cm³/mol. The van der Waals surface area contributed by atoms with E-state index in [1.165, 1.54) is 0 Å². The first kappa shape index (κ1) is 14.8. The first-order valence-corrected chi connectivity index (χ1v) is 6.89. The highest BCUT2D eigenvalue weighted by Gasteiger charge is 2.14. The Labute approximate surface area is 124 Å². The van der Waals surface area contributed by atoms with Gasteiger partial charge in [0, 0.05) is 38.2 Å². The fourth-order valence-electron chi connectivity index (χ4n) is 2.16. The molecule has 1 aromatic heterocycles. The zero-order valence-electron chi connectivity index (χ0n) is 12.3. The molecule has 0 aliphatic heterocycles. The van der Waals surface area contributed by atoms with Crippen molar-refractivity contribution in [2.45, 2.75) is 13.5 Å². The molecule has 2 rings (SSSR count). The van der Waals surface area contributed by atoms with Crippen molar-refractivity contribution in [2.24, 2.45) is 0 Å². The van der Waals surface area contributed by atoms with Gasteiger partial charge in [-0.25, -0.2) is 0 Å². The van der Waals surface area contributed by atoms with Crippen molar-refractivity contribution in [2.75, 3.05) is 24.2 Å². The number of hydrogen-bond donors (Lipinski definition) is 2. The SMILES string of the molecule is CCNC(=O)c1ccc(N)cc1N(C)Cc1ccncc1. The van der Waals surface area contributed by atoms with E-state index in [0.717, 1.165) is 11.3 Å². The molecule has 0 spiro atoms. The molecule has 21 heavy (non-hydrogen) atoms. The fraction of sp³-hybridized carbons (Fsp3) is 0.250. The summed E-state index contributed by atoms with van der Waals surface area (Å²) in [4.78, 5) is 18.2. The third kappa shape index (κ3) is 3.72. The Morgan fingerprint density at radius 1 is 1.29 bits per heavy atom. The Morgan fingerprint density at radius 3 is 2.67 bits per heavy atom. The summed E-state index contributed by atoms with van der Waals surface area (Å²) in [6.45, 7) is 3.17. The van der Waals surface area contributed by atoms with Gasteiger partial charge in [0.1, 0.15) is 0 Å². The van der Waals surface area contributed by atoms with Crippen LogP contribution < -0.4 is 16.0 Å². The second-order valence-electron chi connectivity index (χ2n) is 4.85. The van der Waals surface area contributed by atoms with E-state index in [1.807, 2.05) is 37.1 Å². The maximum atomic E-state index is 12.1. The van der Waals surface area contributed by atoms with Gasteiger partial charge in [-0.15, -0.1) is 0 Å². The minimum atomic E-state index is -0.0888. The number of anilines is 2. The third-order valence-corrected chi connectivity index (χ3v) is 3.18. The van der Waals surface area contributed by atoms with Crippen LogP contribution in [0.5, 0.6) is 0 Å². The molecule has 5 nitrogen and oxygen atoms in total. The lowest BCUT2D eigenvalue weighted by molar-refractivity contribution is 0.0956. The summed E-state index contributed by atoms with van der Waals surface area (Å²) in [5.41, 5.74) is 9.07.